The summed E-state index contributed by atoms with van der Waals surface area (Å²) in [4.78, 5) is 20.2. The van der Waals surface area contributed by atoms with Crippen LogP contribution in [0.5, 0.6) is 0 Å². The topological polar surface area (TPSA) is 99.1 Å². The zero-order valence-corrected chi connectivity index (χ0v) is 10.8. The van der Waals surface area contributed by atoms with Gasteiger partial charge in [0.2, 0.25) is 6.29 Å². The number of halogens is 1. The lowest BCUT2D eigenvalue weighted by atomic mass is 10.3. The van der Waals surface area contributed by atoms with Gasteiger partial charge in [0.15, 0.2) is 10.7 Å². The average Bonchev–Trinajstić information content (AvgIpc) is 2.66. The van der Waals surface area contributed by atoms with E-state index < -0.39 is 37.9 Å². The molecule has 2 heterocycles. The number of thiophene rings is 1. The van der Waals surface area contributed by atoms with E-state index in [1.54, 1.807) is 0 Å². The number of ether oxygens (including phenoxy) is 2. The van der Waals surface area contributed by atoms with Gasteiger partial charge < -0.3 is 9.47 Å². The highest BCUT2D eigenvalue weighted by Gasteiger charge is 2.32. The number of hydrogen-bond acceptors (Lipinski definition) is 7. The molecule has 0 spiro atoms. The molecule has 7 nitrogen and oxygen atoms in total. The van der Waals surface area contributed by atoms with Gasteiger partial charge in [-0.2, -0.15) is 8.42 Å². The molecule has 0 bridgehead atoms. The van der Waals surface area contributed by atoms with Gasteiger partial charge in [-0.1, -0.05) is 4.40 Å². The maximum absolute atomic E-state index is 13.4. The van der Waals surface area contributed by atoms with E-state index in [1.807, 2.05) is 0 Å². The molecule has 1 atom stereocenters. The molecule has 10 heteroatoms. The highest BCUT2D eigenvalue weighted by molar-refractivity contribution is 7.90. The summed E-state index contributed by atoms with van der Waals surface area (Å²) in [5.41, 5.74) is 0. The summed E-state index contributed by atoms with van der Waals surface area (Å²) >= 11 is 0.539. The third kappa shape index (κ3) is 2.71. The van der Waals surface area contributed by atoms with Crippen LogP contribution in [0.4, 0.5) is 4.39 Å². The van der Waals surface area contributed by atoms with Gasteiger partial charge in [-0.25, -0.2) is 14.0 Å². The average molecular weight is 307 g/mol. The first-order valence-electron chi connectivity index (χ1n) is 4.89. The van der Waals surface area contributed by atoms with Gasteiger partial charge in [-0.15, -0.1) is 11.3 Å². The molecule has 2 rings (SSSR count). The van der Waals surface area contributed by atoms with E-state index in [9.17, 15) is 22.4 Å². The van der Waals surface area contributed by atoms with Crippen molar-refractivity contribution >= 4 is 33.4 Å². The molecule has 1 aromatic heterocycles. The Morgan fingerprint density at radius 2 is 2.32 bits per heavy atom. The van der Waals surface area contributed by atoms with Crippen molar-refractivity contribution in [3.63, 3.8) is 0 Å². The van der Waals surface area contributed by atoms with E-state index in [-0.39, 0.29) is 0 Å². The lowest BCUT2D eigenvalue weighted by molar-refractivity contribution is -0.184. The second-order valence-corrected chi connectivity index (χ2v) is 5.81. The lowest BCUT2D eigenvalue weighted by Crippen LogP contribution is -2.32. The SMILES string of the molecule is O=C=NS(=O)(=O)c1c(F)csc1C(=O)OC1CCO1. The van der Waals surface area contributed by atoms with Crippen LogP contribution in [-0.4, -0.2) is 33.4 Å². The largest absolute Gasteiger partial charge is 0.431 e. The summed E-state index contributed by atoms with van der Waals surface area (Å²) in [6.07, 6.45) is 0.520. The smallest absolute Gasteiger partial charge is 0.352 e. The zero-order valence-electron chi connectivity index (χ0n) is 9.16. The van der Waals surface area contributed by atoms with E-state index >= 15 is 0 Å². The fraction of sp³-hybridized carbons (Fsp3) is 0.333. The molecule has 1 aromatic rings. The molecule has 1 aliphatic rings. The minimum Gasteiger partial charge on any atom is -0.431 e. The second-order valence-electron chi connectivity index (χ2n) is 3.39. The molecule has 0 N–H and O–H groups in total. The molecule has 0 aliphatic carbocycles. The first kappa shape index (κ1) is 13.8. The van der Waals surface area contributed by atoms with Crippen LogP contribution in [0.3, 0.4) is 0 Å². The number of rotatable bonds is 4. The van der Waals surface area contributed by atoms with Crippen LogP contribution >= 0.6 is 11.3 Å². The number of carbonyl (C=O) groups is 1. The predicted molar refractivity (Wildman–Crippen MR) is 59.4 cm³/mol. The summed E-state index contributed by atoms with van der Waals surface area (Å²) in [5, 5.41) is 0.811. The standard InChI is InChI=1S/C9H6FNO6S2/c10-5-3-18-7(8(5)19(14,15)11-4-12)9(13)17-6-1-2-16-6/h3,6H,1-2H2. The fourth-order valence-corrected chi connectivity index (χ4v) is 3.32. The Kier molecular flexibility index (Phi) is 3.76. The third-order valence-electron chi connectivity index (χ3n) is 2.20. The highest BCUT2D eigenvalue weighted by atomic mass is 32.2. The van der Waals surface area contributed by atoms with E-state index in [1.165, 1.54) is 0 Å². The van der Waals surface area contributed by atoms with Crippen LogP contribution in [0.1, 0.15) is 16.1 Å². The Morgan fingerprint density at radius 3 is 2.84 bits per heavy atom. The van der Waals surface area contributed by atoms with Crippen molar-refractivity contribution < 1.29 is 31.9 Å². The quantitative estimate of drug-likeness (QED) is 0.464. The van der Waals surface area contributed by atoms with Crippen molar-refractivity contribution in [2.24, 2.45) is 4.40 Å². The molecule has 0 radical (unpaired) electrons. The van der Waals surface area contributed by atoms with Gasteiger partial charge in [0.05, 0.1) is 6.61 Å². The molecule has 0 aromatic carbocycles. The van der Waals surface area contributed by atoms with Crippen molar-refractivity contribution in [3.05, 3.63) is 16.1 Å². The van der Waals surface area contributed by atoms with Crippen LogP contribution in [0.15, 0.2) is 14.7 Å². The molecular weight excluding hydrogens is 301 g/mol. The fourth-order valence-electron chi connectivity index (χ4n) is 1.28. The number of sulfonamides is 1. The molecule has 19 heavy (non-hydrogen) atoms. The Hall–Kier alpha value is -1.61. The normalized spacial score (nSPS) is 18.3. The Bertz CT molecular complexity index is 656. The molecule has 0 amide bonds. The van der Waals surface area contributed by atoms with Crippen molar-refractivity contribution in [2.45, 2.75) is 17.6 Å². The number of esters is 1. The Balaban J connectivity index is 2.36. The summed E-state index contributed by atoms with van der Waals surface area (Å²) in [6.45, 7) is 0.428. The summed E-state index contributed by atoms with van der Waals surface area (Å²) in [5.74, 6) is -2.22. The van der Waals surface area contributed by atoms with Gasteiger partial charge in [0, 0.05) is 11.8 Å². The molecule has 102 valence electrons. The van der Waals surface area contributed by atoms with E-state index in [2.05, 4.69) is 4.40 Å². The van der Waals surface area contributed by atoms with E-state index in [0.717, 1.165) is 11.5 Å². The van der Waals surface area contributed by atoms with Crippen molar-refractivity contribution in [1.82, 2.24) is 0 Å². The number of hydrogen-bond donors (Lipinski definition) is 0. The lowest BCUT2D eigenvalue weighted by Gasteiger charge is -2.25. The van der Waals surface area contributed by atoms with Crippen molar-refractivity contribution in [1.29, 1.82) is 0 Å². The van der Waals surface area contributed by atoms with Crippen LogP contribution in [0.2, 0.25) is 0 Å². The molecule has 1 aliphatic heterocycles. The van der Waals surface area contributed by atoms with Gasteiger partial charge in [-0.3, -0.25) is 0 Å². The minimum absolute atomic E-state index is 0.428. The molecule has 0 saturated carbocycles. The first-order chi connectivity index (χ1) is 8.95. The molecule has 1 unspecified atom stereocenters. The second kappa shape index (κ2) is 5.17. The number of nitrogens with zero attached hydrogens (tertiary/aromatic N) is 1. The number of isocyanates is 1. The van der Waals surface area contributed by atoms with Gasteiger partial charge in [0.25, 0.3) is 16.1 Å². The van der Waals surface area contributed by atoms with Crippen LogP contribution in [0, 0.1) is 5.82 Å². The Morgan fingerprint density at radius 1 is 1.63 bits per heavy atom. The maximum Gasteiger partial charge on any atom is 0.352 e. The molecule has 1 fully saturated rings. The number of carbonyl (C=O) groups excluding carboxylic acids is 2. The predicted octanol–water partition coefficient (Wildman–Crippen LogP) is 0.815. The van der Waals surface area contributed by atoms with Crippen LogP contribution in [-0.2, 0) is 24.3 Å². The zero-order chi connectivity index (χ0) is 14.0. The van der Waals surface area contributed by atoms with E-state index in [0.29, 0.717) is 24.4 Å². The van der Waals surface area contributed by atoms with Crippen LogP contribution in [0.25, 0.3) is 0 Å². The van der Waals surface area contributed by atoms with Gasteiger partial charge in [-0.05, 0) is 0 Å². The van der Waals surface area contributed by atoms with Gasteiger partial charge >= 0.3 is 5.97 Å². The van der Waals surface area contributed by atoms with E-state index in [4.69, 9.17) is 9.47 Å². The van der Waals surface area contributed by atoms with Crippen molar-refractivity contribution in [2.75, 3.05) is 6.61 Å². The summed E-state index contributed by atoms with van der Waals surface area (Å²) in [6, 6.07) is 0. The maximum atomic E-state index is 13.4. The third-order valence-corrected chi connectivity index (χ3v) is 4.49. The molecule has 1 saturated heterocycles. The minimum atomic E-state index is -4.60. The Labute approximate surface area is 110 Å². The highest BCUT2D eigenvalue weighted by Crippen LogP contribution is 2.29. The summed E-state index contributed by atoms with van der Waals surface area (Å²) < 4.78 is 48.6. The van der Waals surface area contributed by atoms with Gasteiger partial charge in [0.1, 0.15) is 4.88 Å². The van der Waals surface area contributed by atoms with Crippen LogP contribution < -0.4 is 0 Å². The first-order valence-corrected chi connectivity index (χ1v) is 7.21. The van der Waals surface area contributed by atoms with Crippen molar-refractivity contribution in [3.8, 4) is 0 Å². The molecular formula is C9H6FNO6S2. The summed E-state index contributed by atoms with van der Waals surface area (Å²) in [7, 11) is -4.60. The monoisotopic (exact) mass is 307 g/mol.